The molecule has 0 aliphatic carbocycles. The molecule has 110 valence electrons. The molecule has 4 N–H and O–H groups in total. The molecule has 1 amide bonds. The standard InChI is InChI=1S/C13H14FN5O2/c1-7-3-4-8(10(14)5-7)13(20)17-12-9(11(15)18-21)6-16-19(12)2/h3-6,21H,1-2H3,(H2,15,18)(H,17,20). The molecule has 8 heteroatoms. The average molecular weight is 291 g/mol. The number of nitrogens with two attached hydrogens (primary N) is 1. The van der Waals surface area contributed by atoms with Crippen molar-refractivity contribution in [1.29, 1.82) is 0 Å². The SMILES string of the molecule is Cc1ccc(C(=O)Nc2c(/C(N)=N/O)cnn2C)c(F)c1. The van der Waals surface area contributed by atoms with E-state index in [0.717, 1.165) is 0 Å². The van der Waals surface area contributed by atoms with Crippen molar-refractivity contribution >= 4 is 17.6 Å². The zero-order valence-electron chi connectivity index (χ0n) is 11.5. The molecule has 0 atom stereocenters. The normalized spacial score (nSPS) is 11.5. The summed E-state index contributed by atoms with van der Waals surface area (Å²) >= 11 is 0. The van der Waals surface area contributed by atoms with Crippen LogP contribution in [0.25, 0.3) is 0 Å². The number of carbonyl (C=O) groups is 1. The summed E-state index contributed by atoms with van der Waals surface area (Å²) in [5, 5.41) is 18.0. The number of benzene rings is 1. The molecule has 1 aromatic heterocycles. The van der Waals surface area contributed by atoms with Gasteiger partial charge in [0.2, 0.25) is 0 Å². The van der Waals surface area contributed by atoms with Gasteiger partial charge in [-0.15, -0.1) is 0 Å². The van der Waals surface area contributed by atoms with Gasteiger partial charge in [-0.05, 0) is 24.6 Å². The number of nitrogens with zero attached hydrogens (tertiary/aromatic N) is 3. The van der Waals surface area contributed by atoms with E-state index in [2.05, 4.69) is 15.6 Å². The van der Waals surface area contributed by atoms with E-state index in [0.29, 0.717) is 5.56 Å². The number of nitrogens with one attached hydrogen (secondary N) is 1. The first-order valence-corrected chi connectivity index (χ1v) is 6.01. The second-order valence-electron chi connectivity index (χ2n) is 4.45. The van der Waals surface area contributed by atoms with Crippen molar-refractivity contribution in [1.82, 2.24) is 9.78 Å². The van der Waals surface area contributed by atoms with Gasteiger partial charge in [0, 0.05) is 7.05 Å². The number of aryl methyl sites for hydroxylation is 2. The van der Waals surface area contributed by atoms with Gasteiger partial charge in [-0.2, -0.15) is 5.10 Å². The summed E-state index contributed by atoms with van der Waals surface area (Å²) in [4.78, 5) is 12.1. The van der Waals surface area contributed by atoms with Crippen LogP contribution < -0.4 is 11.1 Å². The Morgan fingerprint density at radius 3 is 2.81 bits per heavy atom. The monoisotopic (exact) mass is 291 g/mol. The highest BCUT2D eigenvalue weighted by Gasteiger charge is 2.18. The van der Waals surface area contributed by atoms with E-state index in [1.807, 2.05) is 0 Å². The fraction of sp³-hybridized carbons (Fsp3) is 0.154. The van der Waals surface area contributed by atoms with Gasteiger partial charge in [-0.1, -0.05) is 11.2 Å². The molecule has 0 bridgehead atoms. The van der Waals surface area contributed by atoms with E-state index in [-0.39, 0.29) is 22.8 Å². The number of rotatable bonds is 3. The molecule has 21 heavy (non-hydrogen) atoms. The third kappa shape index (κ3) is 2.83. The number of carbonyl (C=O) groups excluding carboxylic acids is 1. The van der Waals surface area contributed by atoms with Gasteiger partial charge in [-0.3, -0.25) is 9.48 Å². The first-order chi connectivity index (χ1) is 9.93. The lowest BCUT2D eigenvalue weighted by Gasteiger charge is -2.09. The largest absolute Gasteiger partial charge is 0.409 e. The molecule has 0 saturated heterocycles. The summed E-state index contributed by atoms with van der Waals surface area (Å²) < 4.78 is 15.1. The maximum Gasteiger partial charge on any atom is 0.259 e. The molecule has 7 nitrogen and oxygen atoms in total. The highest BCUT2D eigenvalue weighted by Crippen LogP contribution is 2.17. The summed E-state index contributed by atoms with van der Waals surface area (Å²) in [5.74, 6) is -1.28. The number of halogens is 1. The summed E-state index contributed by atoms with van der Waals surface area (Å²) in [6, 6.07) is 4.29. The lowest BCUT2D eigenvalue weighted by molar-refractivity contribution is 0.102. The van der Waals surface area contributed by atoms with Crippen molar-refractivity contribution in [2.45, 2.75) is 6.92 Å². The summed E-state index contributed by atoms with van der Waals surface area (Å²) in [6.45, 7) is 1.72. The van der Waals surface area contributed by atoms with E-state index in [4.69, 9.17) is 10.9 Å². The summed E-state index contributed by atoms with van der Waals surface area (Å²) in [5.41, 5.74) is 6.34. The van der Waals surface area contributed by atoms with Gasteiger partial charge in [0.05, 0.1) is 17.3 Å². The third-order valence-corrected chi connectivity index (χ3v) is 2.92. The number of aromatic nitrogens is 2. The van der Waals surface area contributed by atoms with E-state index < -0.39 is 11.7 Å². The Morgan fingerprint density at radius 2 is 2.19 bits per heavy atom. The van der Waals surface area contributed by atoms with Gasteiger partial charge in [0.25, 0.3) is 5.91 Å². The Balaban J connectivity index is 2.34. The molecule has 0 radical (unpaired) electrons. The van der Waals surface area contributed by atoms with Crippen molar-refractivity contribution in [3.8, 4) is 0 Å². The summed E-state index contributed by atoms with van der Waals surface area (Å²) in [7, 11) is 1.56. The molecule has 2 rings (SSSR count). The average Bonchev–Trinajstić information content (AvgIpc) is 2.79. The number of anilines is 1. The lowest BCUT2D eigenvalue weighted by Crippen LogP contribution is -2.20. The smallest absolute Gasteiger partial charge is 0.259 e. The van der Waals surface area contributed by atoms with Crippen molar-refractivity contribution < 1.29 is 14.4 Å². The van der Waals surface area contributed by atoms with Crippen LogP contribution in [-0.4, -0.2) is 26.7 Å². The van der Waals surface area contributed by atoms with Crippen LogP contribution in [0, 0.1) is 12.7 Å². The van der Waals surface area contributed by atoms with Crippen LogP contribution in [0.15, 0.2) is 29.6 Å². The third-order valence-electron chi connectivity index (χ3n) is 2.92. The number of hydrogen-bond donors (Lipinski definition) is 3. The number of amidine groups is 1. The van der Waals surface area contributed by atoms with Crippen molar-refractivity contribution in [2.75, 3.05) is 5.32 Å². The Bertz CT molecular complexity index is 723. The maximum absolute atomic E-state index is 13.8. The molecular formula is C13H14FN5O2. The van der Waals surface area contributed by atoms with Crippen molar-refractivity contribution in [2.24, 2.45) is 17.9 Å². The van der Waals surface area contributed by atoms with Crippen LogP contribution in [0.3, 0.4) is 0 Å². The Labute approximate surface area is 119 Å². The number of oxime groups is 1. The molecule has 0 saturated carbocycles. The molecule has 0 aliphatic heterocycles. The molecule has 0 spiro atoms. The van der Waals surface area contributed by atoms with E-state index in [1.165, 1.54) is 23.0 Å². The quantitative estimate of drug-likeness (QED) is 0.342. The highest BCUT2D eigenvalue weighted by molar-refractivity contribution is 6.09. The fourth-order valence-electron chi connectivity index (χ4n) is 1.81. The summed E-state index contributed by atoms with van der Waals surface area (Å²) in [6.07, 6.45) is 1.33. The molecule has 0 aliphatic rings. The lowest BCUT2D eigenvalue weighted by atomic mass is 10.1. The Morgan fingerprint density at radius 1 is 1.48 bits per heavy atom. The van der Waals surface area contributed by atoms with E-state index >= 15 is 0 Å². The molecule has 1 aromatic carbocycles. The predicted molar refractivity (Wildman–Crippen MR) is 74.8 cm³/mol. The van der Waals surface area contributed by atoms with Gasteiger partial charge in [0.1, 0.15) is 11.6 Å². The first-order valence-electron chi connectivity index (χ1n) is 6.01. The van der Waals surface area contributed by atoms with Crippen LogP contribution in [0.2, 0.25) is 0 Å². The van der Waals surface area contributed by atoms with Crippen LogP contribution in [0.4, 0.5) is 10.2 Å². The van der Waals surface area contributed by atoms with Gasteiger partial charge in [0.15, 0.2) is 5.84 Å². The van der Waals surface area contributed by atoms with Crippen LogP contribution in [-0.2, 0) is 7.05 Å². The van der Waals surface area contributed by atoms with Crippen molar-refractivity contribution in [3.63, 3.8) is 0 Å². The first kappa shape index (κ1) is 14.5. The number of hydrogen-bond acceptors (Lipinski definition) is 4. The second-order valence-corrected chi connectivity index (χ2v) is 4.45. The van der Waals surface area contributed by atoms with E-state index in [9.17, 15) is 9.18 Å². The molecule has 0 fully saturated rings. The van der Waals surface area contributed by atoms with Crippen LogP contribution in [0.5, 0.6) is 0 Å². The molecule has 0 unspecified atom stereocenters. The highest BCUT2D eigenvalue weighted by atomic mass is 19.1. The van der Waals surface area contributed by atoms with E-state index in [1.54, 1.807) is 20.0 Å². The minimum Gasteiger partial charge on any atom is -0.409 e. The predicted octanol–water partition coefficient (Wildman–Crippen LogP) is 1.21. The zero-order chi connectivity index (χ0) is 15.6. The second kappa shape index (κ2) is 5.61. The van der Waals surface area contributed by atoms with Gasteiger partial charge < -0.3 is 16.3 Å². The maximum atomic E-state index is 13.8. The van der Waals surface area contributed by atoms with Gasteiger partial charge >= 0.3 is 0 Å². The molecule has 1 heterocycles. The zero-order valence-corrected chi connectivity index (χ0v) is 11.5. The molecule has 2 aromatic rings. The minimum atomic E-state index is -0.650. The minimum absolute atomic E-state index is 0.104. The van der Waals surface area contributed by atoms with Crippen LogP contribution >= 0.6 is 0 Å². The van der Waals surface area contributed by atoms with Gasteiger partial charge in [-0.25, -0.2) is 4.39 Å². The number of amides is 1. The van der Waals surface area contributed by atoms with Crippen LogP contribution in [0.1, 0.15) is 21.5 Å². The van der Waals surface area contributed by atoms with Crippen molar-refractivity contribution in [3.05, 3.63) is 46.9 Å². The Kier molecular flexibility index (Phi) is 3.88. The molecular weight excluding hydrogens is 277 g/mol. The fourth-order valence-corrected chi connectivity index (χ4v) is 1.81. The Hall–Kier alpha value is -2.90. The topological polar surface area (TPSA) is 106 Å².